The molecule has 6 heteroatoms. The molecule has 2 N–H and O–H groups in total. The summed E-state index contributed by atoms with van der Waals surface area (Å²) in [6, 6.07) is 19.2. The molecule has 2 amide bonds. The summed E-state index contributed by atoms with van der Waals surface area (Å²) in [5, 5.41) is 5.26. The second kappa shape index (κ2) is 9.90. The van der Waals surface area contributed by atoms with Gasteiger partial charge in [-0.3, -0.25) is 9.69 Å². The molecule has 148 valence electrons. The molecule has 1 heterocycles. The first-order valence-corrected chi connectivity index (χ1v) is 9.64. The lowest BCUT2D eigenvalue weighted by atomic mass is 10.0. The number of carbonyl (C=O) groups is 2. The van der Waals surface area contributed by atoms with Crippen molar-refractivity contribution < 1.29 is 14.3 Å². The van der Waals surface area contributed by atoms with Crippen LogP contribution in [0.1, 0.15) is 18.4 Å². The number of likely N-dealkylation sites (tertiary alicyclic amines) is 1. The molecule has 1 fully saturated rings. The second-order valence-electron chi connectivity index (χ2n) is 7.01. The van der Waals surface area contributed by atoms with E-state index in [1.807, 2.05) is 6.07 Å². The van der Waals surface area contributed by atoms with Gasteiger partial charge in [0.25, 0.3) is 5.91 Å². The minimum atomic E-state index is -0.529. The molecule has 0 radical (unpaired) electrons. The standard InChI is InChI=1S/C22H27N3O3/c1-23-21(26)16-28-22(27)24-20-11-13-25(14-12-20)15-17-7-9-19(10-8-17)18-5-3-2-4-6-18/h2-10,20H,11-16H2,1H3,(H,23,26)(H,24,27). The summed E-state index contributed by atoms with van der Waals surface area (Å²) in [6.07, 6.45) is 1.22. The maximum absolute atomic E-state index is 11.7. The molecule has 1 aliphatic rings. The van der Waals surface area contributed by atoms with Crippen molar-refractivity contribution in [3.63, 3.8) is 0 Å². The normalized spacial score (nSPS) is 15.0. The highest BCUT2D eigenvalue weighted by molar-refractivity contribution is 5.79. The van der Waals surface area contributed by atoms with Crippen LogP contribution in [0.25, 0.3) is 11.1 Å². The molecular weight excluding hydrogens is 354 g/mol. The van der Waals surface area contributed by atoms with Crippen molar-refractivity contribution in [2.75, 3.05) is 26.7 Å². The molecular formula is C22H27N3O3. The Morgan fingerprint density at radius 1 is 1.00 bits per heavy atom. The van der Waals surface area contributed by atoms with Crippen LogP contribution >= 0.6 is 0 Å². The van der Waals surface area contributed by atoms with E-state index in [0.717, 1.165) is 32.5 Å². The largest absolute Gasteiger partial charge is 0.439 e. The number of hydrogen-bond donors (Lipinski definition) is 2. The Balaban J connectivity index is 1.42. The highest BCUT2D eigenvalue weighted by Gasteiger charge is 2.21. The number of nitrogens with one attached hydrogen (secondary N) is 2. The van der Waals surface area contributed by atoms with Gasteiger partial charge in [0.2, 0.25) is 0 Å². The molecule has 6 nitrogen and oxygen atoms in total. The molecule has 0 saturated carbocycles. The van der Waals surface area contributed by atoms with Crippen molar-refractivity contribution in [1.29, 1.82) is 0 Å². The molecule has 1 aliphatic heterocycles. The molecule has 0 atom stereocenters. The predicted octanol–water partition coefficient (Wildman–Crippen LogP) is 2.79. The van der Waals surface area contributed by atoms with Gasteiger partial charge in [-0.15, -0.1) is 0 Å². The number of carbonyl (C=O) groups excluding carboxylic acids is 2. The Kier molecular flexibility index (Phi) is 7.03. The predicted molar refractivity (Wildman–Crippen MR) is 109 cm³/mol. The van der Waals surface area contributed by atoms with Gasteiger partial charge in [-0.1, -0.05) is 54.6 Å². The lowest BCUT2D eigenvalue weighted by Crippen LogP contribution is -2.45. The summed E-state index contributed by atoms with van der Waals surface area (Å²) in [6.45, 7) is 2.49. The summed E-state index contributed by atoms with van der Waals surface area (Å²) in [5.74, 6) is -0.316. The monoisotopic (exact) mass is 381 g/mol. The maximum Gasteiger partial charge on any atom is 0.407 e. The lowest BCUT2D eigenvalue weighted by Gasteiger charge is -2.32. The summed E-state index contributed by atoms with van der Waals surface area (Å²) in [7, 11) is 1.51. The van der Waals surface area contributed by atoms with Crippen LogP contribution < -0.4 is 10.6 Å². The van der Waals surface area contributed by atoms with E-state index in [1.54, 1.807) is 0 Å². The first kappa shape index (κ1) is 19.9. The first-order chi connectivity index (χ1) is 13.6. The average molecular weight is 381 g/mol. The molecule has 0 aromatic heterocycles. The minimum absolute atomic E-state index is 0.0916. The molecule has 0 aliphatic carbocycles. The van der Waals surface area contributed by atoms with Crippen LogP contribution in [-0.2, 0) is 16.1 Å². The topological polar surface area (TPSA) is 70.7 Å². The molecule has 1 saturated heterocycles. The Labute approximate surface area is 165 Å². The number of benzene rings is 2. The van der Waals surface area contributed by atoms with Gasteiger partial charge >= 0.3 is 6.09 Å². The van der Waals surface area contributed by atoms with E-state index in [1.165, 1.54) is 23.7 Å². The number of amides is 2. The van der Waals surface area contributed by atoms with Crippen molar-refractivity contribution >= 4 is 12.0 Å². The summed E-state index contributed by atoms with van der Waals surface area (Å²) >= 11 is 0. The zero-order valence-corrected chi connectivity index (χ0v) is 16.2. The maximum atomic E-state index is 11.7. The molecule has 0 unspecified atom stereocenters. The molecule has 2 aromatic rings. The van der Waals surface area contributed by atoms with Gasteiger partial charge in [-0.05, 0) is 29.5 Å². The van der Waals surface area contributed by atoms with E-state index < -0.39 is 6.09 Å². The minimum Gasteiger partial charge on any atom is -0.439 e. The molecule has 28 heavy (non-hydrogen) atoms. The first-order valence-electron chi connectivity index (χ1n) is 9.64. The Hall–Kier alpha value is -2.86. The highest BCUT2D eigenvalue weighted by atomic mass is 16.6. The van der Waals surface area contributed by atoms with E-state index >= 15 is 0 Å². The Bertz CT molecular complexity index is 769. The van der Waals surface area contributed by atoms with E-state index in [9.17, 15) is 9.59 Å². The van der Waals surface area contributed by atoms with E-state index in [4.69, 9.17) is 4.74 Å². The fourth-order valence-electron chi connectivity index (χ4n) is 3.34. The summed E-state index contributed by atoms with van der Waals surface area (Å²) in [5.41, 5.74) is 3.74. The molecule has 2 aromatic carbocycles. The van der Waals surface area contributed by atoms with Crippen LogP contribution in [0, 0.1) is 0 Å². The number of hydrogen-bond acceptors (Lipinski definition) is 4. The fraction of sp³-hybridized carbons (Fsp3) is 0.364. The third kappa shape index (κ3) is 5.82. The van der Waals surface area contributed by atoms with E-state index in [-0.39, 0.29) is 18.6 Å². The number of piperidine rings is 1. The fourth-order valence-corrected chi connectivity index (χ4v) is 3.34. The van der Waals surface area contributed by atoms with Crippen LogP contribution in [0.2, 0.25) is 0 Å². The summed E-state index contributed by atoms with van der Waals surface area (Å²) in [4.78, 5) is 25.2. The average Bonchev–Trinajstić information content (AvgIpc) is 2.74. The quantitative estimate of drug-likeness (QED) is 0.807. The van der Waals surface area contributed by atoms with E-state index in [0.29, 0.717) is 0 Å². The van der Waals surface area contributed by atoms with Crippen molar-refractivity contribution in [1.82, 2.24) is 15.5 Å². The zero-order valence-electron chi connectivity index (χ0n) is 16.2. The van der Waals surface area contributed by atoms with Gasteiger partial charge < -0.3 is 15.4 Å². The molecule has 0 spiro atoms. The number of rotatable bonds is 6. The van der Waals surface area contributed by atoms with Crippen LogP contribution in [0.15, 0.2) is 54.6 Å². The van der Waals surface area contributed by atoms with Gasteiger partial charge in [0.15, 0.2) is 6.61 Å². The van der Waals surface area contributed by atoms with Crippen molar-refractivity contribution in [2.45, 2.75) is 25.4 Å². The SMILES string of the molecule is CNC(=O)COC(=O)NC1CCN(Cc2ccc(-c3ccccc3)cc2)CC1. The van der Waals surface area contributed by atoms with E-state index in [2.05, 4.69) is 64.1 Å². The lowest BCUT2D eigenvalue weighted by molar-refractivity contribution is -0.123. The van der Waals surface area contributed by atoms with Crippen LogP contribution in [0.3, 0.4) is 0 Å². The van der Waals surface area contributed by atoms with Gasteiger partial charge in [-0.25, -0.2) is 4.79 Å². The smallest absolute Gasteiger partial charge is 0.407 e. The number of alkyl carbamates (subject to hydrolysis) is 1. The third-order valence-electron chi connectivity index (χ3n) is 4.99. The van der Waals surface area contributed by atoms with Crippen LogP contribution in [0.5, 0.6) is 0 Å². The van der Waals surface area contributed by atoms with Gasteiger partial charge in [0.1, 0.15) is 0 Å². The number of nitrogens with zero attached hydrogens (tertiary/aromatic N) is 1. The molecule has 3 rings (SSSR count). The number of likely N-dealkylation sites (N-methyl/N-ethyl adjacent to an activating group) is 1. The number of ether oxygens (including phenoxy) is 1. The van der Waals surface area contributed by atoms with Crippen molar-refractivity contribution in [3.05, 3.63) is 60.2 Å². The van der Waals surface area contributed by atoms with Crippen LogP contribution in [0.4, 0.5) is 4.79 Å². The van der Waals surface area contributed by atoms with Gasteiger partial charge in [-0.2, -0.15) is 0 Å². The van der Waals surface area contributed by atoms with Crippen molar-refractivity contribution in [2.24, 2.45) is 0 Å². The Morgan fingerprint density at radius 2 is 1.64 bits per heavy atom. The molecule has 0 bridgehead atoms. The van der Waals surface area contributed by atoms with Gasteiger partial charge in [0.05, 0.1) is 0 Å². The second-order valence-corrected chi connectivity index (χ2v) is 7.01. The van der Waals surface area contributed by atoms with Crippen LogP contribution in [-0.4, -0.2) is 49.7 Å². The van der Waals surface area contributed by atoms with Crippen molar-refractivity contribution in [3.8, 4) is 11.1 Å². The zero-order chi connectivity index (χ0) is 19.8. The Morgan fingerprint density at radius 3 is 2.29 bits per heavy atom. The van der Waals surface area contributed by atoms with Gasteiger partial charge in [0, 0.05) is 32.7 Å². The highest BCUT2D eigenvalue weighted by Crippen LogP contribution is 2.20. The third-order valence-corrected chi connectivity index (χ3v) is 4.99. The summed E-state index contributed by atoms with van der Waals surface area (Å²) < 4.78 is 4.89.